The lowest BCUT2D eigenvalue weighted by atomic mass is 10.1. The number of aromatic carboxylic acids is 1. The number of carboxylic acids is 1. The third-order valence-electron chi connectivity index (χ3n) is 1.41. The number of carboxylic acid groups (broad SMARTS) is 1. The van der Waals surface area contributed by atoms with Gasteiger partial charge >= 0.3 is 5.97 Å². The highest BCUT2D eigenvalue weighted by Gasteiger charge is 2.23. The Morgan fingerprint density at radius 3 is 2.69 bits per heavy atom. The highest BCUT2D eigenvalue weighted by Crippen LogP contribution is 2.19. The van der Waals surface area contributed by atoms with Gasteiger partial charge in [-0.15, -0.1) is 0 Å². The van der Waals surface area contributed by atoms with Crippen LogP contribution in [0.3, 0.4) is 0 Å². The summed E-state index contributed by atoms with van der Waals surface area (Å²) in [4.78, 5) is 17.7. The summed E-state index contributed by atoms with van der Waals surface area (Å²) in [6, 6.07) is 1.22. The lowest BCUT2D eigenvalue weighted by Crippen LogP contribution is -2.16. The van der Waals surface area contributed by atoms with Gasteiger partial charge in [-0.3, -0.25) is 0 Å². The van der Waals surface area contributed by atoms with E-state index in [4.69, 9.17) is 5.11 Å². The fourth-order valence-electron chi connectivity index (χ4n) is 0.764. The SMILES string of the molecule is CC(C)(F)c1nccc(C(=O)O)n1. The highest BCUT2D eigenvalue weighted by molar-refractivity contribution is 5.85. The minimum atomic E-state index is -1.72. The van der Waals surface area contributed by atoms with E-state index < -0.39 is 11.6 Å². The Labute approximate surface area is 74.5 Å². The molecule has 0 aliphatic heterocycles. The number of rotatable bonds is 2. The molecule has 0 saturated carbocycles. The van der Waals surface area contributed by atoms with Gasteiger partial charge in [-0.25, -0.2) is 19.2 Å². The molecule has 13 heavy (non-hydrogen) atoms. The highest BCUT2D eigenvalue weighted by atomic mass is 19.1. The van der Waals surface area contributed by atoms with Crippen molar-refractivity contribution in [1.29, 1.82) is 0 Å². The van der Waals surface area contributed by atoms with E-state index in [0.29, 0.717) is 0 Å². The quantitative estimate of drug-likeness (QED) is 0.754. The van der Waals surface area contributed by atoms with E-state index in [1.807, 2.05) is 0 Å². The molecule has 0 bridgehead atoms. The van der Waals surface area contributed by atoms with Crippen molar-refractivity contribution < 1.29 is 14.3 Å². The molecule has 1 aromatic rings. The van der Waals surface area contributed by atoms with Crippen LogP contribution in [0.2, 0.25) is 0 Å². The van der Waals surface area contributed by atoms with Crippen LogP contribution in [0.25, 0.3) is 0 Å². The smallest absolute Gasteiger partial charge is 0.354 e. The summed E-state index contributed by atoms with van der Waals surface area (Å²) < 4.78 is 13.2. The van der Waals surface area contributed by atoms with Crippen LogP contribution in [0.5, 0.6) is 0 Å². The van der Waals surface area contributed by atoms with Crippen LogP contribution in [0.1, 0.15) is 30.2 Å². The molecule has 0 fully saturated rings. The molecule has 0 aliphatic rings. The maximum Gasteiger partial charge on any atom is 0.354 e. The Kier molecular flexibility index (Phi) is 2.27. The number of alkyl halides is 1. The van der Waals surface area contributed by atoms with Gasteiger partial charge in [0.25, 0.3) is 0 Å². The first-order valence-corrected chi connectivity index (χ1v) is 3.67. The van der Waals surface area contributed by atoms with Gasteiger partial charge in [0.1, 0.15) is 0 Å². The van der Waals surface area contributed by atoms with Crippen LogP contribution in [0, 0.1) is 0 Å². The molecule has 4 nitrogen and oxygen atoms in total. The van der Waals surface area contributed by atoms with Crippen molar-refractivity contribution in [1.82, 2.24) is 9.97 Å². The van der Waals surface area contributed by atoms with Crippen LogP contribution in [0.4, 0.5) is 4.39 Å². The number of carbonyl (C=O) groups is 1. The molecular weight excluding hydrogens is 175 g/mol. The van der Waals surface area contributed by atoms with E-state index in [9.17, 15) is 9.18 Å². The van der Waals surface area contributed by atoms with E-state index in [1.54, 1.807) is 0 Å². The van der Waals surface area contributed by atoms with Gasteiger partial charge in [0.2, 0.25) is 0 Å². The van der Waals surface area contributed by atoms with Gasteiger partial charge in [-0.1, -0.05) is 0 Å². The number of halogens is 1. The summed E-state index contributed by atoms with van der Waals surface area (Å²) >= 11 is 0. The summed E-state index contributed by atoms with van der Waals surface area (Å²) in [6.45, 7) is 2.54. The van der Waals surface area contributed by atoms with E-state index in [0.717, 1.165) is 0 Å². The molecule has 0 aliphatic carbocycles. The Morgan fingerprint density at radius 1 is 1.62 bits per heavy atom. The molecule has 70 valence electrons. The Morgan fingerprint density at radius 2 is 2.23 bits per heavy atom. The summed E-state index contributed by atoms with van der Waals surface area (Å²) in [6.07, 6.45) is 1.23. The zero-order chi connectivity index (χ0) is 10.1. The zero-order valence-electron chi connectivity index (χ0n) is 7.28. The third-order valence-corrected chi connectivity index (χ3v) is 1.41. The molecule has 0 spiro atoms. The molecule has 0 atom stereocenters. The van der Waals surface area contributed by atoms with E-state index >= 15 is 0 Å². The average Bonchev–Trinajstić information content (AvgIpc) is 2.03. The summed E-state index contributed by atoms with van der Waals surface area (Å²) in [5.74, 6) is -1.31. The van der Waals surface area contributed by atoms with Gasteiger partial charge in [0.05, 0.1) is 0 Å². The molecule has 1 aromatic heterocycles. The summed E-state index contributed by atoms with van der Waals surface area (Å²) in [5.41, 5.74) is -1.92. The van der Waals surface area contributed by atoms with E-state index in [2.05, 4.69) is 9.97 Å². The van der Waals surface area contributed by atoms with Crippen LogP contribution in [-0.4, -0.2) is 21.0 Å². The van der Waals surface area contributed by atoms with Crippen molar-refractivity contribution in [2.45, 2.75) is 19.5 Å². The molecular formula is C8H9FN2O2. The number of hydrogen-bond acceptors (Lipinski definition) is 3. The van der Waals surface area contributed by atoms with Crippen LogP contribution < -0.4 is 0 Å². The minimum Gasteiger partial charge on any atom is -0.477 e. The van der Waals surface area contributed by atoms with Crippen molar-refractivity contribution in [3.63, 3.8) is 0 Å². The van der Waals surface area contributed by atoms with Crippen LogP contribution in [0.15, 0.2) is 12.3 Å². The second-order valence-electron chi connectivity index (χ2n) is 3.04. The van der Waals surface area contributed by atoms with Crippen molar-refractivity contribution in [3.05, 3.63) is 23.8 Å². The van der Waals surface area contributed by atoms with Crippen molar-refractivity contribution in [2.24, 2.45) is 0 Å². The number of hydrogen-bond donors (Lipinski definition) is 1. The molecule has 0 saturated heterocycles. The fraction of sp³-hybridized carbons (Fsp3) is 0.375. The second kappa shape index (κ2) is 3.08. The van der Waals surface area contributed by atoms with Gasteiger partial charge in [0, 0.05) is 6.20 Å². The van der Waals surface area contributed by atoms with Crippen LogP contribution in [-0.2, 0) is 5.67 Å². The molecule has 0 amide bonds. The fourth-order valence-corrected chi connectivity index (χ4v) is 0.764. The van der Waals surface area contributed by atoms with Gasteiger partial charge in [-0.05, 0) is 19.9 Å². The molecule has 1 heterocycles. The van der Waals surface area contributed by atoms with E-state index in [-0.39, 0.29) is 11.5 Å². The normalized spacial score (nSPS) is 11.3. The molecule has 5 heteroatoms. The Bertz CT molecular complexity index is 333. The van der Waals surface area contributed by atoms with Crippen molar-refractivity contribution in [2.75, 3.05) is 0 Å². The van der Waals surface area contributed by atoms with Crippen LogP contribution >= 0.6 is 0 Å². The molecule has 1 N–H and O–H groups in total. The maximum absolute atomic E-state index is 13.2. The number of nitrogens with zero attached hydrogens (tertiary/aromatic N) is 2. The summed E-state index contributed by atoms with van der Waals surface area (Å²) in [7, 11) is 0. The van der Waals surface area contributed by atoms with Crippen molar-refractivity contribution >= 4 is 5.97 Å². The van der Waals surface area contributed by atoms with E-state index in [1.165, 1.54) is 26.1 Å². The monoisotopic (exact) mass is 184 g/mol. The second-order valence-corrected chi connectivity index (χ2v) is 3.04. The molecule has 0 aromatic carbocycles. The Balaban J connectivity index is 3.13. The van der Waals surface area contributed by atoms with Gasteiger partial charge in [0.15, 0.2) is 17.2 Å². The Hall–Kier alpha value is -1.52. The zero-order valence-corrected chi connectivity index (χ0v) is 7.28. The maximum atomic E-state index is 13.2. The van der Waals surface area contributed by atoms with Crippen molar-refractivity contribution in [3.8, 4) is 0 Å². The molecule has 0 radical (unpaired) electrons. The standard InChI is InChI=1S/C8H9FN2O2/c1-8(2,9)7-10-4-3-5(11-7)6(12)13/h3-4H,1-2H3,(H,12,13). The average molecular weight is 184 g/mol. The largest absolute Gasteiger partial charge is 0.477 e. The topological polar surface area (TPSA) is 63.1 Å². The van der Waals surface area contributed by atoms with Gasteiger partial charge in [-0.2, -0.15) is 0 Å². The first-order chi connectivity index (χ1) is 5.91. The summed E-state index contributed by atoms with van der Waals surface area (Å²) in [5, 5.41) is 8.56. The lowest BCUT2D eigenvalue weighted by molar-refractivity contribution is 0.0689. The first-order valence-electron chi connectivity index (χ1n) is 3.67. The first kappa shape index (κ1) is 9.57. The minimum absolute atomic E-state index is 0.118. The predicted octanol–water partition coefficient (Wildman–Crippen LogP) is 1.38. The molecule has 0 unspecified atom stereocenters. The lowest BCUT2D eigenvalue weighted by Gasteiger charge is -2.11. The van der Waals surface area contributed by atoms with Gasteiger partial charge < -0.3 is 5.11 Å². The number of aromatic nitrogens is 2. The molecule has 1 rings (SSSR count). The predicted molar refractivity (Wildman–Crippen MR) is 43.1 cm³/mol. The third kappa shape index (κ3) is 2.21.